The number of nitro groups is 1. The Labute approximate surface area is 120 Å². The molecule has 0 aromatic carbocycles. The van der Waals surface area contributed by atoms with Crippen LogP contribution in [0.25, 0.3) is 0 Å². The van der Waals surface area contributed by atoms with Crippen LogP contribution in [0.3, 0.4) is 0 Å². The second-order valence-electron chi connectivity index (χ2n) is 5.24. The van der Waals surface area contributed by atoms with Crippen LogP contribution in [0, 0.1) is 26.9 Å². The topological polar surface area (TPSA) is 129 Å². The molecule has 0 unspecified atom stereocenters. The fourth-order valence-corrected chi connectivity index (χ4v) is 2.46. The summed E-state index contributed by atoms with van der Waals surface area (Å²) in [5, 5.41) is 31.6. The summed E-state index contributed by atoms with van der Waals surface area (Å²) in [5.41, 5.74) is -0.489. The molecule has 0 aliphatic heterocycles. The second-order valence-corrected chi connectivity index (χ2v) is 5.24. The van der Waals surface area contributed by atoms with E-state index >= 15 is 0 Å². The van der Waals surface area contributed by atoms with Crippen LogP contribution in [-0.2, 0) is 4.79 Å². The highest BCUT2D eigenvalue weighted by Crippen LogP contribution is 2.44. The number of carboxylic acid groups (broad SMARTS) is 1. The van der Waals surface area contributed by atoms with Gasteiger partial charge in [-0.05, 0) is 18.3 Å². The Kier molecular flexibility index (Phi) is 4.03. The molecular weight excluding hydrogens is 276 g/mol. The molecule has 1 saturated carbocycles. The third-order valence-corrected chi connectivity index (χ3v) is 3.78. The molecule has 1 fully saturated rings. The van der Waals surface area contributed by atoms with Crippen LogP contribution in [0.5, 0.6) is 0 Å². The minimum atomic E-state index is -0.853. The fraction of sp³-hybridized carbons (Fsp3) is 0.462. The highest BCUT2D eigenvalue weighted by atomic mass is 16.6. The average molecular weight is 290 g/mol. The van der Waals surface area contributed by atoms with Gasteiger partial charge in [0.1, 0.15) is 23.6 Å². The van der Waals surface area contributed by atoms with Crippen LogP contribution in [-0.4, -0.2) is 27.5 Å². The molecule has 8 nitrogen and oxygen atoms in total. The zero-order chi connectivity index (χ0) is 15.5. The summed E-state index contributed by atoms with van der Waals surface area (Å²) < 4.78 is 0. The summed E-state index contributed by atoms with van der Waals surface area (Å²) in [5.74, 6) is -0.603. The van der Waals surface area contributed by atoms with Gasteiger partial charge < -0.3 is 10.4 Å². The van der Waals surface area contributed by atoms with Crippen molar-refractivity contribution in [2.75, 3.05) is 11.9 Å². The summed E-state index contributed by atoms with van der Waals surface area (Å²) in [6.45, 7) is 0.388. The Morgan fingerprint density at radius 1 is 1.62 bits per heavy atom. The molecule has 1 aliphatic rings. The molecule has 2 rings (SSSR count). The number of nitrogens with zero attached hydrogens (tertiary/aromatic N) is 3. The monoisotopic (exact) mass is 290 g/mol. The van der Waals surface area contributed by atoms with Crippen molar-refractivity contribution < 1.29 is 14.8 Å². The second kappa shape index (κ2) is 5.75. The van der Waals surface area contributed by atoms with Crippen molar-refractivity contribution in [1.29, 1.82) is 5.26 Å². The van der Waals surface area contributed by atoms with Crippen molar-refractivity contribution in [3.63, 3.8) is 0 Å². The SMILES string of the molecule is N#Cc1cc([N+](=O)[O-])cnc1NCC1(CC(=O)O)CCC1. The number of nitriles is 1. The van der Waals surface area contributed by atoms with E-state index in [1.165, 1.54) is 0 Å². The molecule has 0 spiro atoms. The van der Waals surface area contributed by atoms with Gasteiger partial charge in [0.25, 0.3) is 5.69 Å². The number of rotatable bonds is 6. The predicted molar refractivity (Wildman–Crippen MR) is 72.6 cm³/mol. The maximum Gasteiger partial charge on any atom is 0.303 e. The Balaban J connectivity index is 2.11. The molecular formula is C13H14N4O4. The summed E-state index contributed by atoms with van der Waals surface area (Å²) >= 11 is 0. The number of carboxylic acids is 1. The first-order chi connectivity index (χ1) is 9.96. The largest absolute Gasteiger partial charge is 0.481 e. The Bertz CT molecular complexity index is 619. The molecule has 1 aromatic rings. The van der Waals surface area contributed by atoms with E-state index in [0.29, 0.717) is 6.54 Å². The van der Waals surface area contributed by atoms with Gasteiger partial charge in [-0.15, -0.1) is 0 Å². The third kappa shape index (κ3) is 3.25. The quantitative estimate of drug-likeness (QED) is 0.604. The lowest BCUT2D eigenvalue weighted by molar-refractivity contribution is -0.385. The molecule has 1 heterocycles. The van der Waals surface area contributed by atoms with Gasteiger partial charge in [-0.1, -0.05) is 6.42 Å². The van der Waals surface area contributed by atoms with Crippen molar-refractivity contribution >= 4 is 17.5 Å². The summed E-state index contributed by atoms with van der Waals surface area (Å²) in [4.78, 5) is 24.8. The number of hydrogen-bond acceptors (Lipinski definition) is 6. The molecule has 0 amide bonds. The summed E-state index contributed by atoms with van der Waals surface area (Å²) in [7, 11) is 0. The first kappa shape index (κ1) is 14.7. The zero-order valence-corrected chi connectivity index (χ0v) is 11.2. The van der Waals surface area contributed by atoms with E-state index in [1.807, 2.05) is 6.07 Å². The smallest absolute Gasteiger partial charge is 0.303 e. The lowest BCUT2D eigenvalue weighted by Crippen LogP contribution is -2.38. The molecule has 0 radical (unpaired) electrons. The summed E-state index contributed by atoms with van der Waals surface area (Å²) in [6.07, 6.45) is 3.73. The normalized spacial score (nSPS) is 15.6. The molecule has 0 saturated heterocycles. The van der Waals surface area contributed by atoms with E-state index in [4.69, 9.17) is 10.4 Å². The average Bonchev–Trinajstić information content (AvgIpc) is 2.40. The number of aromatic nitrogens is 1. The first-order valence-electron chi connectivity index (χ1n) is 6.46. The minimum Gasteiger partial charge on any atom is -0.481 e. The molecule has 21 heavy (non-hydrogen) atoms. The van der Waals surface area contributed by atoms with E-state index in [2.05, 4.69) is 10.3 Å². The van der Waals surface area contributed by atoms with E-state index in [1.54, 1.807) is 0 Å². The van der Waals surface area contributed by atoms with E-state index in [9.17, 15) is 14.9 Å². The zero-order valence-electron chi connectivity index (χ0n) is 11.2. The minimum absolute atomic E-state index is 0.0644. The van der Waals surface area contributed by atoms with Crippen LogP contribution >= 0.6 is 0 Å². The van der Waals surface area contributed by atoms with Gasteiger partial charge in [-0.2, -0.15) is 5.26 Å². The maximum atomic E-state index is 10.9. The van der Waals surface area contributed by atoms with Crippen LogP contribution in [0.15, 0.2) is 12.3 Å². The molecule has 1 aromatic heterocycles. The Morgan fingerprint density at radius 2 is 2.33 bits per heavy atom. The van der Waals surface area contributed by atoms with Crippen molar-refractivity contribution in [2.24, 2.45) is 5.41 Å². The molecule has 0 bridgehead atoms. The van der Waals surface area contributed by atoms with Crippen molar-refractivity contribution in [2.45, 2.75) is 25.7 Å². The lowest BCUT2D eigenvalue weighted by Gasteiger charge is -2.41. The lowest BCUT2D eigenvalue weighted by atomic mass is 9.66. The van der Waals surface area contributed by atoms with Crippen LogP contribution in [0.2, 0.25) is 0 Å². The van der Waals surface area contributed by atoms with Gasteiger partial charge in [0.15, 0.2) is 0 Å². The van der Waals surface area contributed by atoms with Crippen LogP contribution in [0.4, 0.5) is 11.5 Å². The van der Waals surface area contributed by atoms with Gasteiger partial charge in [0, 0.05) is 12.6 Å². The summed E-state index contributed by atoms with van der Waals surface area (Å²) in [6, 6.07) is 3.01. The molecule has 2 N–H and O–H groups in total. The third-order valence-electron chi connectivity index (χ3n) is 3.78. The highest BCUT2D eigenvalue weighted by Gasteiger charge is 2.39. The van der Waals surface area contributed by atoms with Crippen LogP contribution in [0.1, 0.15) is 31.2 Å². The number of pyridine rings is 1. The molecule has 0 atom stereocenters. The van der Waals surface area contributed by atoms with Gasteiger partial charge >= 0.3 is 5.97 Å². The molecule has 8 heteroatoms. The van der Waals surface area contributed by atoms with Gasteiger partial charge in [0.2, 0.25) is 0 Å². The Hall–Kier alpha value is -2.69. The van der Waals surface area contributed by atoms with E-state index in [0.717, 1.165) is 31.5 Å². The van der Waals surface area contributed by atoms with Crippen molar-refractivity contribution in [1.82, 2.24) is 4.98 Å². The first-order valence-corrected chi connectivity index (χ1v) is 6.46. The standard InChI is InChI=1S/C13H14N4O4/c14-6-9-4-10(17(20)21)7-15-12(9)16-8-13(2-1-3-13)5-11(18)19/h4,7H,1-3,5,8H2,(H,15,16)(H,18,19). The van der Waals surface area contributed by atoms with E-state index < -0.39 is 10.9 Å². The van der Waals surface area contributed by atoms with E-state index in [-0.39, 0.29) is 28.9 Å². The fourth-order valence-electron chi connectivity index (χ4n) is 2.46. The predicted octanol–water partition coefficient (Wildman–Crippen LogP) is 1.92. The number of nitrogens with one attached hydrogen (secondary N) is 1. The van der Waals surface area contributed by atoms with Crippen molar-refractivity contribution in [3.05, 3.63) is 27.9 Å². The molecule has 110 valence electrons. The highest BCUT2D eigenvalue weighted by molar-refractivity contribution is 5.68. The van der Waals surface area contributed by atoms with Crippen LogP contribution < -0.4 is 5.32 Å². The maximum absolute atomic E-state index is 10.9. The number of carbonyl (C=O) groups is 1. The number of hydrogen-bond donors (Lipinski definition) is 2. The van der Waals surface area contributed by atoms with Gasteiger partial charge in [-0.25, -0.2) is 4.98 Å². The van der Waals surface area contributed by atoms with Gasteiger partial charge in [0.05, 0.1) is 11.3 Å². The van der Waals surface area contributed by atoms with Crippen molar-refractivity contribution in [3.8, 4) is 6.07 Å². The number of aliphatic carboxylic acids is 1. The number of anilines is 1. The Morgan fingerprint density at radius 3 is 2.81 bits per heavy atom. The van der Waals surface area contributed by atoms with Gasteiger partial charge in [-0.3, -0.25) is 14.9 Å². The molecule has 1 aliphatic carbocycles.